The number of nitrogens with two attached hydrogens (primary N) is 1. The molecule has 9 heteroatoms. The van der Waals surface area contributed by atoms with Crippen LogP contribution in [0.25, 0.3) is 0 Å². The highest BCUT2D eigenvalue weighted by molar-refractivity contribution is 5.89. The Kier molecular flexibility index (Phi) is 13.3. The maximum Gasteiger partial charge on any atom is 0.334 e. The molecule has 1 aromatic rings. The maximum atomic E-state index is 12.9. The van der Waals surface area contributed by atoms with Gasteiger partial charge in [0, 0.05) is 12.7 Å². The van der Waals surface area contributed by atoms with Crippen molar-refractivity contribution in [2.45, 2.75) is 57.3 Å². The summed E-state index contributed by atoms with van der Waals surface area (Å²) in [6, 6.07) is 6.63. The number of esters is 3. The average Bonchev–Trinajstić information content (AvgIpc) is 2.92. The molecule has 2 rings (SSSR count). The van der Waals surface area contributed by atoms with Crippen LogP contribution in [0, 0.1) is 0 Å². The fourth-order valence-corrected chi connectivity index (χ4v) is 3.82. The topological polar surface area (TPSA) is 123 Å². The van der Waals surface area contributed by atoms with Crippen molar-refractivity contribution in [1.82, 2.24) is 0 Å². The zero-order chi connectivity index (χ0) is 28.6. The van der Waals surface area contributed by atoms with Crippen molar-refractivity contribution in [3.63, 3.8) is 0 Å². The van der Waals surface area contributed by atoms with Gasteiger partial charge >= 0.3 is 17.9 Å². The summed E-state index contributed by atoms with van der Waals surface area (Å²) in [5.41, 5.74) is 6.74. The van der Waals surface area contributed by atoms with Crippen LogP contribution in [0.1, 0.15) is 39.0 Å². The van der Waals surface area contributed by atoms with Crippen molar-refractivity contribution in [2.24, 2.45) is 5.73 Å². The number of rotatable bonds is 15. The number of allylic oxidation sites excluding steroid dienone is 5. The molecule has 0 radical (unpaired) electrons. The predicted octanol–water partition coefficient (Wildman–Crippen LogP) is 4.49. The molecule has 0 aliphatic heterocycles. The van der Waals surface area contributed by atoms with Crippen LogP contribution < -0.4 is 15.2 Å². The SMILES string of the molecule is C=CCC1=CC(OC)C(OC(=O)C[C@H](CC(=O)Oc2ccccc2OC)OC(=O)/C(=C/C=C\N)CCC)C=C1. The summed E-state index contributed by atoms with van der Waals surface area (Å²) in [6.07, 6.45) is 10.2. The maximum absolute atomic E-state index is 12.9. The van der Waals surface area contributed by atoms with Crippen molar-refractivity contribution in [3.05, 3.63) is 84.6 Å². The van der Waals surface area contributed by atoms with Gasteiger partial charge in [-0.1, -0.05) is 43.7 Å². The lowest BCUT2D eigenvalue weighted by molar-refractivity contribution is -0.159. The van der Waals surface area contributed by atoms with E-state index in [0.29, 0.717) is 30.6 Å². The molecule has 0 fully saturated rings. The number of carbonyl (C=O) groups excluding carboxylic acids is 3. The normalized spacial score (nSPS) is 17.7. The number of carbonyl (C=O) groups is 3. The first kappa shape index (κ1) is 31.1. The van der Waals surface area contributed by atoms with Crippen LogP contribution in [-0.2, 0) is 28.6 Å². The summed E-state index contributed by atoms with van der Waals surface area (Å²) < 4.78 is 27.3. The first-order valence-electron chi connectivity index (χ1n) is 12.7. The van der Waals surface area contributed by atoms with E-state index in [1.807, 2.05) is 19.1 Å². The highest BCUT2D eigenvalue weighted by atomic mass is 16.6. The third-order valence-electron chi connectivity index (χ3n) is 5.67. The van der Waals surface area contributed by atoms with E-state index in [2.05, 4.69) is 6.58 Å². The van der Waals surface area contributed by atoms with Crippen LogP contribution in [0.2, 0.25) is 0 Å². The molecular formula is C30H37NO8. The summed E-state index contributed by atoms with van der Waals surface area (Å²) in [5, 5.41) is 0. The summed E-state index contributed by atoms with van der Waals surface area (Å²) >= 11 is 0. The number of hydrogen-bond donors (Lipinski definition) is 1. The van der Waals surface area contributed by atoms with E-state index in [0.717, 1.165) is 5.57 Å². The minimum absolute atomic E-state index is 0.203. The molecule has 9 nitrogen and oxygen atoms in total. The van der Waals surface area contributed by atoms with E-state index in [4.69, 9.17) is 29.4 Å². The van der Waals surface area contributed by atoms with Crippen molar-refractivity contribution in [1.29, 1.82) is 0 Å². The smallest absolute Gasteiger partial charge is 0.334 e. The van der Waals surface area contributed by atoms with Crippen molar-refractivity contribution >= 4 is 17.9 Å². The van der Waals surface area contributed by atoms with E-state index >= 15 is 0 Å². The lowest BCUT2D eigenvalue weighted by atomic mass is 10.00. The van der Waals surface area contributed by atoms with Crippen LogP contribution in [0.15, 0.2) is 84.6 Å². The van der Waals surface area contributed by atoms with Crippen LogP contribution in [0.4, 0.5) is 0 Å². The first-order chi connectivity index (χ1) is 18.8. The molecule has 210 valence electrons. The molecule has 0 aromatic heterocycles. The molecule has 2 unspecified atom stereocenters. The van der Waals surface area contributed by atoms with E-state index in [1.54, 1.807) is 36.4 Å². The van der Waals surface area contributed by atoms with Gasteiger partial charge in [-0.2, -0.15) is 0 Å². The van der Waals surface area contributed by atoms with Gasteiger partial charge in [0.1, 0.15) is 18.3 Å². The fourth-order valence-electron chi connectivity index (χ4n) is 3.82. The van der Waals surface area contributed by atoms with E-state index < -0.39 is 36.2 Å². The molecule has 0 heterocycles. The number of ether oxygens (including phenoxy) is 5. The third kappa shape index (κ3) is 10.3. The van der Waals surface area contributed by atoms with Gasteiger partial charge in [-0.3, -0.25) is 9.59 Å². The van der Waals surface area contributed by atoms with Gasteiger partial charge < -0.3 is 29.4 Å². The molecule has 0 bridgehead atoms. The van der Waals surface area contributed by atoms with Crippen LogP contribution in [-0.4, -0.2) is 50.4 Å². The minimum Gasteiger partial charge on any atom is -0.493 e. The Morgan fingerprint density at radius 2 is 1.79 bits per heavy atom. The Morgan fingerprint density at radius 3 is 2.44 bits per heavy atom. The largest absolute Gasteiger partial charge is 0.493 e. The quantitative estimate of drug-likeness (QED) is 0.113. The first-order valence-corrected chi connectivity index (χ1v) is 12.7. The lowest BCUT2D eigenvalue weighted by Crippen LogP contribution is -2.34. The Balaban J connectivity index is 2.17. The van der Waals surface area contributed by atoms with E-state index in [-0.39, 0.29) is 18.6 Å². The van der Waals surface area contributed by atoms with Crippen LogP contribution in [0.3, 0.4) is 0 Å². The van der Waals surface area contributed by atoms with E-state index in [1.165, 1.54) is 32.6 Å². The third-order valence-corrected chi connectivity index (χ3v) is 5.67. The van der Waals surface area contributed by atoms with Gasteiger partial charge in [-0.25, -0.2) is 4.79 Å². The molecule has 0 saturated heterocycles. The van der Waals surface area contributed by atoms with Gasteiger partial charge in [-0.05, 0) is 55.0 Å². The second kappa shape index (κ2) is 16.7. The summed E-state index contributed by atoms with van der Waals surface area (Å²) in [5.74, 6) is -1.48. The molecule has 3 atom stereocenters. The molecule has 2 N–H and O–H groups in total. The lowest BCUT2D eigenvalue weighted by Gasteiger charge is -2.26. The fraction of sp³-hybridized carbons (Fsp3) is 0.367. The molecular weight excluding hydrogens is 502 g/mol. The highest BCUT2D eigenvalue weighted by Gasteiger charge is 2.29. The summed E-state index contributed by atoms with van der Waals surface area (Å²) in [6.45, 7) is 5.64. The van der Waals surface area contributed by atoms with Gasteiger partial charge in [0.2, 0.25) is 0 Å². The number of methoxy groups -OCH3 is 2. The summed E-state index contributed by atoms with van der Waals surface area (Å²) in [4.78, 5) is 38.6. The second-order valence-corrected chi connectivity index (χ2v) is 8.64. The van der Waals surface area contributed by atoms with Gasteiger partial charge in [0.25, 0.3) is 0 Å². The average molecular weight is 540 g/mol. The Labute approximate surface area is 229 Å². The Hall–Kier alpha value is -4.11. The monoisotopic (exact) mass is 539 g/mol. The molecule has 0 amide bonds. The predicted molar refractivity (Wildman–Crippen MR) is 147 cm³/mol. The molecule has 39 heavy (non-hydrogen) atoms. The van der Waals surface area contributed by atoms with Crippen LogP contribution in [0.5, 0.6) is 11.5 Å². The highest BCUT2D eigenvalue weighted by Crippen LogP contribution is 2.27. The summed E-state index contributed by atoms with van der Waals surface area (Å²) in [7, 11) is 2.97. The van der Waals surface area contributed by atoms with Gasteiger partial charge in [0.15, 0.2) is 11.5 Å². The Morgan fingerprint density at radius 1 is 1.08 bits per heavy atom. The number of benzene rings is 1. The van der Waals surface area contributed by atoms with Crippen LogP contribution >= 0.6 is 0 Å². The van der Waals surface area contributed by atoms with E-state index in [9.17, 15) is 14.4 Å². The standard InChI is InChI=1S/C30H37NO8/c1-5-10-21-15-16-26(27(18-21)36-4)39-29(33)20-23(37-30(34)22(11-6-2)12-9-17-31)19-28(32)38-25-14-8-7-13-24(25)35-3/h5,7-9,12-18,23,26-27H,1,6,10-11,19-20,31H2,2-4H3/b17-9-,22-12+/t23-,26?,27?/m0/s1. The second-order valence-electron chi connectivity index (χ2n) is 8.64. The molecule has 0 spiro atoms. The van der Waals surface area contributed by atoms with Gasteiger partial charge in [0.05, 0.1) is 20.0 Å². The molecule has 1 aromatic carbocycles. The number of para-hydroxylation sites is 2. The molecule has 1 aliphatic rings. The zero-order valence-corrected chi connectivity index (χ0v) is 22.7. The zero-order valence-electron chi connectivity index (χ0n) is 22.7. The van der Waals surface area contributed by atoms with Gasteiger partial charge in [-0.15, -0.1) is 6.58 Å². The number of hydrogen-bond acceptors (Lipinski definition) is 9. The minimum atomic E-state index is -1.14. The molecule has 0 saturated carbocycles. The van der Waals surface area contributed by atoms with Crippen molar-refractivity contribution in [3.8, 4) is 11.5 Å². The van der Waals surface area contributed by atoms with Crippen molar-refractivity contribution in [2.75, 3.05) is 14.2 Å². The van der Waals surface area contributed by atoms with Crippen molar-refractivity contribution < 1.29 is 38.1 Å². The molecule has 1 aliphatic carbocycles. The Bertz CT molecular complexity index is 1120.